The van der Waals surface area contributed by atoms with E-state index in [1.165, 1.54) is 0 Å². The van der Waals surface area contributed by atoms with Gasteiger partial charge >= 0.3 is 11.9 Å². The fraction of sp³-hybridized carbons (Fsp3) is 0.320. The van der Waals surface area contributed by atoms with E-state index in [1.54, 1.807) is 0 Å². The molecule has 0 heterocycles. The van der Waals surface area contributed by atoms with Crippen LogP contribution in [-0.2, 0) is 14.4 Å². The van der Waals surface area contributed by atoms with E-state index in [0.717, 1.165) is 53.4 Å². The Labute approximate surface area is 212 Å². The van der Waals surface area contributed by atoms with E-state index in [0.29, 0.717) is 0 Å². The first kappa shape index (κ1) is 44.5. The monoisotopic (exact) mass is 502 g/mol. The molecular formula is C25H43ClN2O6. The average Bonchev–Trinajstić information content (AvgIpc) is 2.69. The highest BCUT2D eigenvalue weighted by Gasteiger charge is 2.08. The Morgan fingerprint density at radius 3 is 0.824 bits per heavy atom. The standard InChI is InChI=1S/2C8H16N.3C3H4O2.ClH/c2*1-5-7-9(3,4)8-6-2;3*1-2-3(4)5;/h2*5-6H,1-2,7-8H2,3-4H3;3*2H,1H2,(H,4,5);1H/q2*+1;;;;/p-2. The summed E-state index contributed by atoms with van der Waals surface area (Å²) in [5.74, 6) is -3.19. The van der Waals surface area contributed by atoms with E-state index in [9.17, 15) is 9.59 Å². The second-order valence-corrected chi connectivity index (χ2v) is 7.36. The van der Waals surface area contributed by atoms with Gasteiger partial charge in [-0.05, 0) is 30.4 Å². The van der Waals surface area contributed by atoms with Gasteiger partial charge in [-0.25, -0.2) is 9.59 Å². The lowest BCUT2D eigenvalue weighted by Gasteiger charge is -2.26. The molecular weight excluding hydrogens is 460 g/mol. The van der Waals surface area contributed by atoms with Crippen LogP contribution in [-0.4, -0.2) is 91.5 Å². The molecule has 0 aliphatic rings. The molecule has 0 amide bonds. The minimum Gasteiger partial charge on any atom is -1.00 e. The Kier molecular flexibility index (Phi) is 39.0. The van der Waals surface area contributed by atoms with Gasteiger partial charge in [0.1, 0.15) is 0 Å². The summed E-state index contributed by atoms with van der Waals surface area (Å²) in [5.41, 5.74) is 0. The van der Waals surface area contributed by atoms with Crippen molar-refractivity contribution in [2.24, 2.45) is 0 Å². The summed E-state index contributed by atoms with van der Waals surface area (Å²) < 4.78 is 1.90. The van der Waals surface area contributed by atoms with E-state index in [-0.39, 0.29) is 12.4 Å². The van der Waals surface area contributed by atoms with Gasteiger partial charge in [0.05, 0.1) is 60.3 Å². The summed E-state index contributed by atoms with van der Waals surface area (Å²) in [5, 5.41) is 24.3. The molecule has 0 aliphatic carbocycles. The van der Waals surface area contributed by atoms with Gasteiger partial charge in [-0.15, -0.1) is 0 Å². The highest BCUT2D eigenvalue weighted by atomic mass is 35.5. The number of quaternary nitrogens is 2. The molecule has 0 aromatic carbocycles. The Balaban J connectivity index is -0.0000000738. The number of carbonyl (C=O) groups excluding carboxylic acids is 1. The van der Waals surface area contributed by atoms with E-state index >= 15 is 0 Å². The molecule has 0 aromatic heterocycles. The van der Waals surface area contributed by atoms with Gasteiger partial charge in [-0.3, -0.25) is 0 Å². The van der Waals surface area contributed by atoms with Gasteiger partial charge in [-0.2, -0.15) is 0 Å². The number of rotatable bonds is 11. The van der Waals surface area contributed by atoms with Crippen molar-refractivity contribution in [2.45, 2.75) is 0 Å². The van der Waals surface area contributed by atoms with Crippen molar-refractivity contribution in [3.8, 4) is 0 Å². The van der Waals surface area contributed by atoms with Crippen LogP contribution in [0.25, 0.3) is 0 Å². The van der Waals surface area contributed by atoms with Crippen LogP contribution >= 0.6 is 0 Å². The number of nitrogens with zero attached hydrogens (tertiary/aromatic N) is 2. The minimum absolute atomic E-state index is 0. The number of carboxylic acids is 3. The summed E-state index contributed by atoms with van der Waals surface area (Å²) in [6.45, 7) is 27.6. The van der Waals surface area contributed by atoms with Gasteiger partial charge < -0.3 is 41.5 Å². The van der Waals surface area contributed by atoms with Crippen molar-refractivity contribution < 1.29 is 51.1 Å². The third-order valence-electron chi connectivity index (χ3n) is 3.01. The number of aliphatic carboxylic acids is 3. The summed E-state index contributed by atoms with van der Waals surface area (Å²) in [6, 6.07) is 0. The lowest BCUT2D eigenvalue weighted by molar-refractivity contribution is -0.878. The van der Waals surface area contributed by atoms with Crippen LogP contribution in [0.15, 0.2) is 88.6 Å². The molecule has 0 aromatic rings. The average molecular weight is 503 g/mol. The molecule has 0 radical (unpaired) electrons. The third kappa shape index (κ3) is 63.0. The largest absolute Gasteiger partial charge is 1.00 e. The Morgan fingerprint density at radius 1 is 0.618 bits per heavy atom. The van der Waals surface area contributed by atoms with Crippen molar-refractivity contribution in [2.75, 3.05) is 54.4 Å². The van der Waals surface area contributed by atoms with Crippen LogP contribution in [0.4, 0.5) is 0 Å². The SMILES string of the molecule is C=CC(=O)O.C=CC(=O)O.C=CC(=O)[O-].C=CC[N+](C)(C)CC=C.C=CC[N+](C)(C)CC=C.[Cl-]. The van der Waals surface area contributed by atoms with Crippen LogP contribution in [0.2, 0.25) is 0 Å². The number of hydrogen-bond acceptors (Lipinski definition) is 4. The molecule has 0 unspecified atom stereocenters. The first-order valence-electron chi connectivity index (χ1n) is 9.67. The first-order chi connectivity index (χ1) is 15.1. The van der Waals surface area contributed by atoms with Gasteiger partial charge in [0.2, 0.25) is 0 Å². The van der Waals surface area contributed by atoms with E-state index in [1.807, 2.05) is 24.3 Å². The fourth-order valence-corrected chi connectivity index (χ4v) is 1.55. The minimum atomic E-state index is -1.23. The Morgan fingerprint density at radius 2 is 0.765 bits per heavy atom. The second kappa shape index (κ2) is 29.8. The number of halogens is 1. The zero-order chi connectivity index (χ0) is 27.5. The third-order valence-corrected chi connectivity index (χ3v) is 3.01. The van der Waals surface area contributed by atoms with Crippen molar-refractivity contribution in [3.63, 3.8) is 0 Å². The van der Waals surface area contributed by atoms with Gasteiger partial charge in [-0.1, -0.05) is 46.1 Å². The topological polar surface area (TPSA) is 115 Å². The maximum absolute atomic E-state index is 9.25. The zero-order valence-electron chi connectivity index (χ0n) is 21.1. The number of likely N-dealkylation sites (N-methyl/N-ethyl adjacent to an activating group) is 2. The van der Waals surface area contributed by atoms with Crippen LogP contribution in [0.5, 0.6) is 0 Å². The highest BCUT2D eigenvalue weighted by molar-refractivity contribution is 5.79. The van der Waals surface area contributed by atoms with Crippen LogP contribution in [0, 0.1) is 0 Å². The number of carboxylic acid groups (broad SMARTS) is 3. The lowest BCUT2D eigenvalue weighted by atomic mass is 10.4. The molecule has 8 nitrogen and oxygen atoms in total. The molecule has 0 fully saturated rings. The lowest BCUT2D eigenvalue weighted by Crippen LogP contribution is -3.00. The van der Waals surface area contributed by atoms with E-state index < -0.39 is 17.9 Å². The molecule has 0 spiro atoms. The van der Waals surface area contributed by atoms with Crippen molar-refractivity contribution in [1.82, 2.24) is 0 Å². The van der Waals surface area contributed by atoms with Gasteiger partial charge in [0, 0.05) is 12.2 Å². The maximum Gasteiger partial charge on any atom is 0.327 e. The molecule has 196 valence electrons. The second-order valence-electron chi connectivity index (χ2n) is 7.36. The van der Waals surface area contributed by atoms with Gasteiger partial charge in [0.25, 0.3) is 0 Å². The summed E-state index contributed by atoms with van der Waals surface area (Å²) in [7, 11) is 8.62. The molecule has 2 N–H and O–H groups in total. The summed E-state index contributed by atoms with van der Waals surface area (Å²) >= 11 is 0. The van der Waals surface area contributed by atoms with Crippen molar-refractivity contribution in [3.05, 3.63) is 88.6 Å². The molecule has 0 rings (SSSR count). The molecule has 34 heavy (non-hydrogen) atoms. The number of hydrogen-bond donors (Lipinski definition) is 2. The summed E-state index contributed by atoms with van der Waals surface area (Å²) in [6.07, 6.45) is 10.1. The normalized spacial score (nSPS) is 8.59. The maximum atomic E-state index is 9.25. The molecule has 0 saturated carbocycles. The van der Waals surface area contributed by atoms with Crippen LogP contribution in [0.3, 0.4) is 0 Å². The van der Waals surface area contributed by atoms with Crippen LogP contribution < -0.4 is 17.5 Å². The molecule has 0 aliphatic heterocycles. The quantitative estimate of drug-likeness (QED) is 0.219. The first-order valence-corrected chi connectivity index (χ1v) is 9.67. The van der Waals surface area contributed by atoms with Crippen LogP contribution in [0.1, 0.15) is 0 Å². The van der Waals surface area contributed by atoms with Crippen molar-refractivity contribution >= 4 is 17.9 Å². The smallest absolute Gasteiger partial charge is 0.327 e. The van der Waals surface area contributed by atoms with E-state index in [4.69, 9.17) is 20.1 Å². The highest BCUT2D eigenvalue weighted by Crippen LogP contribution is 1.95. The molecule has 9 heteroatoms. The predicted octanol–water partition coefficient (Wildman–Crippen LogP) is -0.690. The zero-order valence-corrected chi connectivity index (χ0v) is 21.9. The molecule has 0 saturated heterocycles. The molecule has 0 bridgehead atoms. The molecule has 0 atom stereocenters. The Hall–Kier alpha value is -3.20. The predicted molar refractivity (Wildman–Crippen MR) is 135 cm³/mol. The van der Waals surface area contributed by atoms with Crippen molar-refractivity contribution in [1.29, 1.82) is 0 Å². The van der Waals surface area contributed by atoms with E-state index in [2.05, 4.69) is 74.2 Å². The van der Waals surface area contributed by atoms with Gasteiger partial charge in [0.15, 0.2) is 0 Å². The summed E-state index contributed by atoms with van der Waals surface area (Å²) in [4.78, 5) is 27.6. The Bertz CT molecular complexity index is 547. The number of carbonyl (C=O) groups is 3. The fourth-order valence-electron chi connectivity index (χ4n) is 1.55.